The number of benzene rings is 1. The summed E-state index contributed by atoms with van der Waals surface area (Å²) in [6, 6.07) is 7.29. The highest BCUT2D eigenvalue weighted by Crippen LogP contribution is 2.42. The van der Waals surface area contributed by atoms with Crippen LogP contribution in [0.15, 0.2) is 30.3 Å². The molecule has 4 rings (SSSR count). The van der Waals surface area contributed by atoms with Gasteiger partial charge >= 0.3 is 18.0 Å². The summed E-state index contributed by atoms with van der Waals surface area (Å²) < 4.78 is 41.5. The number of fused-ring (bicyclic) bond motifs is 1. The second kappa shape index (κ2) is 13.8. The van der Waals surface area contributed by atoms with Crippen LogP contribution in [0.4, 0.5) is 10.5 Å². The fourth-order valence-corrected chi connectivity index (χ4v) is 7.44. The SMILES string of the molecule is CCOC(=O)C1CC(N(c2ccccc2)S(=O)[O-])CN1CC1CCC2CN(C(=O)OC)C(C(=O)OCC)CC2C1. The smallest absolute Gasteiger partial charge is 0.410 e. The zero-order valence-corrected chi connectivity index (χ0v) is 24.3. The van der Waals surface area contributed by atoms with Gasteiger partial charge in [0, 0.05) is 36.6 Å². The molecule has 3 aliphatic rings. The minimum absolute atomic E-state index is 0.225. The van der Waals surface area contributed by atoms with Crippen LogP contribution < -0.4 is 4.31 Å². The molecule has 1 aliphatic carbocycles. The minimum atomic E-state index is -2.50. The number of amides is 1. The zero-order chi connectivity index (χ0) is 28.8. The molecule has 222 valence electrons. The van der Waals surface area contributed by atoms with Crippen LogP contribution in [0, 0.1) is 17.8 Å². The second-order valence-corrected chi connectivity index (χ2v) is 11.6. The lowest BCUT2D eigenvalue weighted by Gasteiger charge is -2.46. The van der Waals surface area contributed by atoms with Crippen molar-refractivity contribution in [2.45, 2.75) is 64.1 Å². The van der Waals surface area contributed by atoms with E-state index in [1.165, 1.54) is 16.3 Å². The highest BCUT2D eigenvalue weighted by molar-refractivity contribution is 7.80. The van der Waals surface area contributed by atoms with E-state index in [4.69, 9.17) is 14.2 Å². The summed E-state index contributed by atoms with van der Waals surface area (Å²) in [6.07, 6.45) is 2.99. The van der Waals surface area contributed by atoms with Gasteiger partial charge in [-0.05, 0) is 75.8 Å². The lowest BCUT2D eigenvalue weighted by molar-refractivity contribution is -0.153. The molecule has 2 aliphatic heterocycles. The summed E-state index contributed by atoms with van der Waals surface area (Å²) in [6.45, 7) is 5.49. The van der Waals surface area contributed by atoms with E-state index in [0.29, 0.717) is 38.2 Å². The molecule has 12 heteroatoms. The average molecular weight is 579 g/mol. The molecule has 11 nitrogen and oxygen atoms in total. The van der Waals surface area contributed by atoms with Crippen LogP contribution in [-0.4, -0.2) is 94.7 Å². The van der Waals surface area contributed by atoms with Crippen LogP contribution in [0.1, 0.15) is 46.0 Å². The maximum atomic E-state index is 13.0. The van der Waals surface area contributed by atoms with Crippen molar-refractivity contribution in [2.24, 2.45) is 17.8 Å². The Kier molecular flexibility index (Phi) is 10.4. The molecule has 0 radical (unpaired) electrons. The normalized spacial score (nSPS) is 29.2. The Morgan fingerprint density at radius 1 is 0.950 bits per heavy atom. The number of rotatable bonds is 9. The highest BCUT2D eigenvalue weighted by atomic mass is 32.2. The largest absolute Gasteiger partial charge is 0.755 e. The first-order chi connectivity index (χ1) is 19.3. The number of carbonyl (C=O) groups is 3. The maximum absolute atomic E-state index is 13.0. The van der Waals surface area contributed by atoms with Gasteiger partial charge in [-0.15, -0.1) is 0 Å². The van der Waals surface area contributed by atoms with E-state index in [-0.39, 0.29) is 36.9 Å². The molecular formula is C28H40N3O8S-. The molecule has 2 saturated heterocycles. The number of carbonyl (C=O) groups excluding carboxylic acids is 3. The molecule has 0 N–H and O–H groups in total. The summed E-state index contributed by atoms with van der Waals surface area (Å²) >= 11 is -2.50. The van der Waals surface area contributed by atoms with Gasteiger partial charge in [0.1, 0.15) is 12.1 Å². The molecule has 1 aromatic rings. The summed E-state index contributed by atoms with van der Waals surface area (Å²) in [5, 5.41) is 0. The van der Waals surface area contributed by atoms with Gasteiger partial charge in [-0.2, -0.15) is 0 Å². The molecule has 0 bridgehead atoms. The van der Waals surface area contributed by atoms with Crippen LogP contribution in [0.2, 0.25) is 0 Å². The van der Waals surface area contributed by atoms with Crippen molar-refractivity contribution in [3.05, 3.63) is 30.3 Å². The van der Waals surface area contributed by atoms with Gasteiger partial charge in [0.05, 0.1) is 26.4 Å². The van der Waals surface area contributed by atoms with Gasteiger partial charge in [-0.1, -0.05) is 18.2 Å². The quantitative estimate of drug-likeness (QED) is 0.247. The Labute approximate surface area is 238 Å². The Morgan fingerprint density at radius 2 is 1.62 bits per heavy atom. The van der Waals surface area contributed by atoms with Gasteiger partial charge < -0.3 is 18.8 Å². The molecule has 40 heavy (non-hydrogen) atoms. The lowest BCUT2D eigenvalue weighted by atomic mass is 9.69. The standard InChI is InChI=1S/C28H41N3O8S/c1-4-38-26(32)24-15-23(31(40(35)36)22-9-7-6-8-10-22)18-29(24)16-19-11-12-20-17-30(28(34)37-3)25(14-21(20)13-19)27(33)39-5-2/h6-10,19-21,23-25H,4-5,11-18H2,1-3H3,(H,35,36)/p-1. The van der Waals surface area contributed by atoms with Gasteiger partial charge in [0.2, 0.25) is 0 Å². The number of likely N-dealkylation sites (tertiary alicyclic amines) is 2. The minimum Gasteiger partial charge on any atom is -0.755 e. The molecule has 7 atom stereocenters. The van der Waals surface area contributed by atoms with E-state index in [2.05, 4.69) is 4.90 Å². The van der Waals surface area contributed by atoms with E-state index in [0.717, 1.165) is 19.3 Å². The molecule has 1 saturated carbocycles. The van der Waals surface area contributed by atoms with Gasteiger partial charge in [-0.3, -0.25) is 23.1 Å². The predicted octanol–water partition coefficient (Wildman–Crippen LogP) is 2.73. The second-order valence-electron chi connectivity index (χ2n) is 10.8. The molecule has 1 amide bonds. The number of para-hydroxylation sites is 1. The molecule has 2 heterocycles. The monoisotopic (exact) mass is 578 g/mol. The number of ether oxygens (including phenoxy) is 3. The first-order valence-corrected chi connectivity index (χ1v) is 15.2. The molecular weight excluding hydrogens is 538 g/mol. The Balaban J connectivity index is 1.48. The van der Waals surface area contributed by atoms with Crippen LogP contribution in [0.5, 0.6) is 0 Å². The van der Waals surface area contributed by atoms with E-state index in [9.17, 15) is 23.1 Å². The average Bonchev–Trinajstić information content (AvgIpc) is 3.35. The molecule has 7 unspecified atom stereocenters. The number of hydrogen-bond donors (Lipinski definition) is 0. The van der Waals surface area contributed by atoms with Crippen molar-refractivity contribution < 1.29 is 37.4 Å². The van der Waals surface area contributed by atoms with E-state index in [1.807, 2.05) is 6.07 Å². The zero-order valence-electron chi connectivity index (χ0n) is 23.4. The number of anilines is 1. The van der Waals surface area contributed by atoms with Crippen molar-refractivity contribution in [3.63, 3.8) is 0 Å². The third kappa shape index (κ3) is 6.77. The Morgan fingerprint density at radius 3 is 2.25 bits per heavy atom. The van der Waals surface area contributed by atoms with E-state index < -0.39 is 41.5 Å². The third-order valence-corrected chi connectivity index (χ3v) is 9.32. The van der Waals surface area contributed by atoms with E-state index in [1.54, 1.807) is 38.1 Å². The summed E-state index contributed by atoms with van der Waals surface area (Å²) in [4.78, 5) is 41.7. The van der Waals surface area contributed by atoms with Crippen molar-refractivity contribution >= 4 is 35.0 Å². The number of esters is 2. The van der Waals surface area contributed by atoms with Gasteiger partial charge in [0.15, 0.2) is 0 Å². The summed E-state index contributed by atoms with van der Waals surface area (Å²) in [5.41, 5.74) is 0.563. The van der Waals surface area contributed by atoms with Crippen LogP contribution in [-0.2, 0) is 35.1 Å². The highest BCUT2D eigenvalue weighted by Gasteiger charge is 2.46. The fourth-order valence-electron chi connectivity index (χ4n) is 6.75. The Hall–Kier alpha value is -2.70. The Bertz CT molecular complexity index is 1060. The van der Waals surface area contributed by atoms with Gasteiger partial charge in [0.25, 0.3) is 0 Å². The molecule has 0 spiro atoms. The first kappa shape index (κ1) is 30.3. The molecule has 0 aromatic heterocycles. The van der Waals surface area contributed by atoms with Crippen LogP contribution in [0.25, 0.3) is 0 Å². The van der Waals surface area contributed by atoms with Crippen molar-refractivity contribution in [3.8, 4) is 0 Å². The molecule has 3 fully saturated rings. The van der Waals surface area contributed by atoms with Crippen molar-refractivity contribution in [1.29, 1.82) is 0 Å². The van der Waals surface area contributed by atoms with Crippen LogP contribution >= 0.6 is 0 Å². The third-order valence-electron chi connectivity index (χ3n) is 8.49. The summed E-state index contributed by atoms with van der Waals surface area (Å²) in [7, 11) is 1.32. The number of nitrogens with zero attached hydrogens (tertiary/aromatic N) is 3. The topological polar surface area (TPSA) is 129 Å². The maximum Gasteiger partial charge on any atom is 0.410 e. The van der Waals surface area contributed by atoms with E-state index >= 15 is 0 Å². The lowest BCUT2D eigenvalue weighted by Crippen LogP contribution is -2.55. The number of methoxy groups -OCH3 is 1. The fraction of sp³-hybridized carbons (Fsp3) is 0.679. The number of hydrogen-bond acceptors (Lipinski definition) is 9. The number of piperidine rings is 1. The van der Waals surface area contributed by atoms with Crippen molar-refractivity contribution in [1.82, 2.24) is 9.80 Å². The first-order valence-electron chi connectivity index (χ1n) is 14.1. The van der Waals surface area contributed by atoms with Crippen molar-refractivity contribution in [2.75, 3.05) is 44.3 Å². The summed E-state index contributed by atoms with van der Waals surface area (Å²) in [5.74, 6) is -0.0116. The predicted molar refractivity (Wildman–Crippen MR) is 147 cm³/mol. The van der Waals surface area contributed by atoms with Gasteiger partial charge in [-0.25, -0.2) is 9.59 Å². The van der Waals surface area contributed by atoms with Crippen LogP contribution in [0.3, 0.4) is 0 Å². The molecule has 1 aromatic carbocycles.